The van der Waals surface area contributed by atoms with Crippen LogP contribution in [-0.2, 0) is 35.4 Å². The van der Waals surface area contributed by atoms with Gasteiger partial charge >= 0.3 is 0 Å². The molecular weight excluding hydrogens is 512 g/mol. The van der Waals surface area contributed by atoms with Crippen LogP contribution >= 0.6 is 0 Å². The molecule has 0 bridgehead atoms. The lowest BCUT2D eigenvalue weighted by Gasteiger charge is -2.16. The molecule has 3 heterocycles. The molecule has 0 spiro atoms. The maximum Gasteiger partial charge on any atom is 0.165 e. The predicted octanol–water partition coefficient (Wildman–Crippen LogP) is 8.33. The molecule has 2 aromatic heterocycles. The maximum absolute atomic E-state index is 8.81. The van der Waals surface area contributed by atoms with Gasteiger partial charge in [-0.1, -0.05) is 86.8 Å². The number of aliphatic hydroxyl groups is 1. The summed E-state index contributed by atoms with van der Waals surface area (Å²) in [6.45, 7) is 6.59. The Labute approximate surface area is 239 Å². The highest BCUT2D eigenvalue weighted by Gasteiger charge is 2.20. The molecule has 0 unspecified atom stereocenters. The molecule has 204 valence electrons. The number of rotatable bonds is 4. The van der Waals surface area contributed by atoms with Crippen LogP contribution in [0.3, 0.4) is 0 Å². The van der Waals surface area contributed by atoms with Crippen molar-refractivity contribution in [2.75, 3.05) is 6.61 Å². The molecule has 1 aliphatic rings. The van der Waals surface area contributed by atoms with Crippen molar-refractivity contribution in [2.24, 2.45) is 0 Å². The van der Waals surface area contributed by atoms with E-state index in [-0.39, 0.29) is 24.9 Å². The molecule has 0 amide bonds. The molecule has 6 aromatic rings. The monoisotopic (exact) mass is 549 g/mol. The average Bonchev–Trinajstić information content (AvgIpc) is 3.61. The summed E-state index contributed by atoms with van der Waals surface area (Å²) in [5.74, 6) is 0. The van der Waals surface area contributed by atoms with Crippen molar-refractivity contribution in [1.29, 1.82) is 0 Å². The highest BCUT2D eigenvalue weighted by atomic mass is 32.2. The molecule has 0 aliphatic carbocycles. The van der Waals surface area contributed by atoms with Crippen molar-refractivity contribution in [3.8, 4) is 0 Å². The van der Waals surface area contributed by atoms with E-state index >= 15 is 0 Å². The molecule has 0 saturated heterocycles. The Balaban J connectivity index is 0.000000138. The zero-order valence-electron chi connectivity index (χ0n) is 21.9. The molecule has 0 atom stereocenters. The molecule has 5 heteroatoms. The average molecular weight is 550 g/mol. The van der Waals surface area contributed by atoms with Crippen LogP contribution in [-0.4, -0.2) is 21.3 Å². The lowest BCUT2D eigenvalue weighted by molar-refractivity contribution is 0.0865. The van der Waals surface area contributed by atoms with Crippen LogP contribution < -0.4 is 0 Å². The minimum Gasteiger partial charge on any atom is -0.390 e. The van der Waals surface area contributed by atoms with E-state index in [2.05, 4.69) is 95.0 Å². The van der Waals surface area contributed by atoms with Crippen LogP contribution in [0, 0.1) is 0 Å². The molecule has 40 heavy (non-hydrogen) atoms. The smallest absolute Gasteiger partial charge is 0.165 e. The summed E-state index contributed by atoms with van der Waals surface area (Å²) in [5, 5.41) is 13.3. The highest BCUT2D eigenvalue weighted by molar-refractivity contribution is 7.99. The molecule has 2 N–H and O–H groups in total. The van der Waals surface area contributed by atoms with Crippen molar-refractivity contribution in [2.45, 2.75) is 37.0 Å². The first kappa shape index (κ1) is 29.0. The second kappa shape index (κ2) is 14.4. The number of aromatic amines is 1. The van der Waals surface area contributed by atoms with Crippen LogP contribution in [0.2, 0.25) is 0 Å². The molecular formula is C35H37N2O2S+. The standard InChI is InChI=1S/C14H13S.C11H11NO.C9H9NO.CH4/c1-2-15(13-9-5-3-6-10-13)14-11-7-4-8-12-14;1-2-4-11-9(3-1)7-10-8-13-6-5-12(10)11;11-6-8-5-7-3-1-2-4-9(7)10-8;/h2-12H,1H2;1-4,7H,5-6,8H2;1-5,10-11H,6H2;1H4/q+1;;;. The summed E-state index contributed by atoms with van der Waals surface area (Å²) < 4.78 is 7.75. The van der Waals surface area contributed by atoms with Gasteiger partial charge in [0.15, 0.2) is 9.79 Å². The van der Waals surface area contributed by atoms with Crippen molar-refractivity contribution >= 4 is 32.7 Å². The lowest BCUT2D eigenvalue weighted by Crippen LogP contribution is -2.15. The largest absolute Gasteiger partial charge is 0.390 e. The number of aliphatic hydroxyl groups excluding tert-OH is 1. The quantitative estimate of drug-likeness (QED) is 0.217. The first-order valence-electron chi connectivity index (χ1n) is 13.0. The van der Waals surface area contributed by atoms with Gasteiger partial charge in [-0.25, -0.2) is 0 Å². The summed E-state index contributed by atoms with van der Waals surface area (Å²) in [6.07, 6.45) is 0. The normalized spacial score (nSPS) is 11.9. The van der Waals surface area contributed by atoms with Gasteiger partial charge in [-0.3, -0.25) is 0 Å². The molecule has 4 aromatic carbocycles. The van der Waals surface area contributed by atoms with Crippen LogP contribution in [0.15, 0.2) is 143 Å². The number of benzene rings is 4. The van der Waals surface area contributed by atoms with E-state index in [9.17, 15) is 0 Å². The van der Waals surface area contributed by atoms with Gasteiger partial charge in [-0.15, -0.1) is 0 Å². The molecule has 0 radical (unpaired) electrons. The number of para-hydroxylation sites is 2. The predicted molar refractivity (Wildman–Crippen MR) is 170 cm³/mol. The van der Waals surface area contributed by atoms with E-state index in [1.807, 2.05) is 47.9 Å². The SMILES string of the molecule is C.C=C[S+](c1ccccc1)c1ccccc1.OCc1cc2ccccc2[nH]1.c1ccc2c(c1)cc1n2CCOC1. The summed E-state index contributed by atoms with van der Waals surface area (Å²) in [6, 6.07) is 41.6. The van der Waals surface area contributed by atoms with E-state index in [1.165, 1.54) is 26.4 Å². The third-order valence-corrected chi connectivity index (χ3v) is 8.42. The molecule has 0 saturated carbocycles. The summed E-state index contributed by atoms with van der Waals surface area (Å²) in [7, 11) is 0.00568. The Morgan fingerprint density at radius 1 is 0.800 bits per heavy atom. The first-order chi connectivity index (χ1) is 19.3. The zero-order chi connectivity index (χ0) is 26.9. The Morgan fingerprint density at radius 3 is 2.02 bits per heavy atom. The van der Waals surface area contributed by atoms with Crippen molar-refractivity contribution in [3.63, 3.8) is 0 Å². The van der Waals surface area contributed by atoms with Crippen LogP contribution in [0.1, 0.15) is 18.8 Å². The van der Waals surface area contributed by atoms with Gasteiger partial charge in [0.25, 0.3) is 0 Å². The van der Waals surface area contributed by atoms with Crippen LogP contribution in [0.4, 0.5) is 0 Å². The van der Waals surface area contributed by atoms with E-state index in [1.54, 1.807) is 0 Å². The second-order valence-corrected chi connectivity index (χ2v) is 11.0. The van der Waals surface area contributed by atoms with Crippen molar-refractivity contribution in [3.05, 3.63) is 145 Å². The minimum absolute atomic E-state index is 0. The lowest BCUT2D eigenvalue weighted by atomic mass is 10.2. The van der Waals surface area contributed by atoms with Gasteiger partial charge in [0, 0.05) is 29.0 Å². The summed E-state index contributed by atoms with van der Waals surface area (Å²) in [5.41, 5.74) is 4.58. The minimum atomic E-state index is 0. The topological polar surface area (TPSA) is 50.2 Å². The van der Waals surface area contributed by atoms with Gasteiger partial charge in [0.2, 0.25) is 0 Å². The fourth-order valence-electron chi connectivity index (χ4n) is 4.67. The second-order valence-electron chi connectivity index (χ2n) is 9.07. The number of nitrogens with one attached hydrogen (secondary N) is 1. The van der Waals surface area contributed by atoms with Gasteiger partial charge in [0.05, 0.1) is 30.7 Å². The number of hydrogen-bond acceptors (Lipinski definition) is 2. The highest BCUT2D eigenvalue weighted by Crippen LogP contribution is 2.24. The van der Waals surface area contributed by atoms with E-state index < -0.39 is 0 Å². The number of hydrogen-bond donors (Lipinski definition) is 2. The third kappa shape index (κ3) is 6.93. The number of fused-ring (bicyclic) bond motifs is 4. The number of H-pyrrole nitrogens is 1. The van der Waals surface area contributed by atoms with Crippen LogP contribution in [0.25, 0.3) is 21.8 Å². The molecule has 0 fully saturated rings. The van der Waals surface area contributed by atoms with Gasteiger partial charge in [-0.2, -0.15) is 0 Å². The van der Waals surface area contributed by atoms with Crippen molar-refractivity contribution < 1.29 is 9.84 Å². The molecule has 7 rings (SSSR count). The Bertz CT molecular complexity index is 1550. The fourth-order valence-corrected chi connectivity index (χ4v) is 6.22. The van der Waals surface area contributed by atoms with E-state index in [4.69, 9.17) is 9.84 Å². The fraction of sp³-hybridized carbons (Fsp3) is 0.143. The number of nitrogens with zero attached hydrogens (tertiary/aromatic N) is 1. The number of ether oxygens (including phenoxy) is 1. The zero-order valence-corrected chi connectivity index (χ0v) is 22.7. The van der Waals surface area contributed by atoms with E-state index in [0.29, 0.717) is 0 Å². The van der Waals surface area contributed by atoms with Crippen LogP contribution in [0.5, 0.6) is 0 Å². The summed E-state index contributed by atoms with van der Waals surface area (Å²) >= 11 is 0. The Kier molecular flexibility index (Phi) is 10.4. The van der Waals surface area contributed by atoms with Crippen molar-refractivity contribution in [1.82, 2.24) is 9.55 Å². The Morgan fingerprint density at radius 2 is 1.40 bits per heavy atom. The van der Waals surface area contributed by atoms with Gasteiger partial charge in [0.1, 0.15) is 5.41 Å². The number of aromatic nitrogens is 2. The molecule has 1 aliphatic heterocycles. The maximum atomic E-state index is 8.81. The van der Waals surface area contributed by atoms with Gasteiger partial charge < -0.3 is 19.4 Å². The first-order valence-corrected chi connectivity index (χ1v) is 14.3. The summed E-state index contributed by atoms with van der Waals surface area (Å²) in [4.78, 5) is 5.73. The molecule has 4 nitrogen and oxygen atoms in total. The Hall–Kier alpha value is -4.03. The third-order valence-electron chi connectivity index (χ3n) is 6.52. The van der Waals surface area contributed by atoms with Gasteiger partial charge in [-0.05, 0) is 59.3 Å². The van der Waals surface area contributed by atoms with E-state index in [0.717, 1.165) is 36.4 Å².